The van der Waals surface area contributed by atoms with Crippen LogP contribution in [0.1, 0.15) is 79.1 Å². The summed E-state index contributed by atoms with van der Waals surface area (Å²) in [6.07, 6.45) is 10.9. The largest absolute Gasteiger partial charge is 0.271 e. The number of nitrogens with two attached hydrogens (primary N) is 1. The maximum absolute atomic E-state index is 5.78. The molecule has 0 aliphatic heterocycles. The Morgan fingerprint density at radius 2 is 1.78 bits per heavy atom. The quantitative estimate of drug-likeness (QED) is 0.549. The first-order chi connectivity index (χ1) is 8.46. The van der Waals surface area contributed by atoms with Crippen LogP contribution in [0, 0.1) is 17.3 Å². The minimum absolute atomic E-state index is 0.425. The molecule has 0 heterocycles. The lowest BCUT2D eigenvalue weighted by Crippen LogP contribution is -2.42. The van der Waals surface area contributed by atoms with Gasteiger partial charge in [-0.3, -0.25) is 11.3 Å². The van der Waals surface area contributed by atoms with E-state index in [1.54, 1.807) is 0 Å². The van der Waals surface area contributed by atoms with E-state index >= 15 is 0 Å². The maximum atomic E-state index is 5.78. The first-order valence-corrected chi connectivity index (χ1v) is 7.92. The molecular weight excluding hydrogens is 220 g/mol. The van der Waals surface area contributed by atoms with Crippen molar-refractivity contribution in [2.75, 3.05) is 0 Å². The van der Waals surface area contributed by atoms with Gasteiger partial charge in [0.2, 0.25) is 0 Å². The van der Waals surface area contributed by atoms with Crippen molar-refractivity contribution in [1.29, 1.82) is 0 Å². The van der Waals surface area contributed by atoms with Crippen molar-refractivity contribution in [2.45, 2.75) is 85.1 Å². The summed E-state index contributed by atoms with van der Waals surface area (Å²) in [5.74, 6) is 7.58. The summed E-state index contributed by atoms with van der Waals surface area (Å²) in [5, 5.41) is 0. The molecule has 1 aliphatic rings. The van der Waals surface area contributed by atoms with Crippen LogP contribution in [0.2, 0.25) is 0 Å². The highest BCUT2D eigenvalue weighted by atomic mass is 15.2. The van der Waals surface area contributed by atoms with Gasteiger partial charge in [-0.25, -0.2) is 0 Å². The predicted octanol–water partition coefficient (Wildman–Crippen LogP) is 4.25. The molecule has 0 radical (unpaired) electrons. The van der Waals surface area contributed by atoms with E-state index in [0.717, 1.165) is 11.8 Å². The maximum Gasteiger partial charge on any atom is 0.0238 e. The third-order valence-electron chi connectivity index (χ3n) is 4.58. The third kappa shape index (κ3) is 5.71. The van der Waals surface area contributed by atoms with Gasteiger partial charge in [-0.2, -0.15) is 0 Å². The van der Waals surface area contributed by atoms with Crippen LogP contribution in [0.15, 0.2) is 0 Å². The van der Waals surface area contributed by atoms with Crippen molar-refractivity contribution in [1.82, 2.24) is 5.43 Å². The predicted molar refractivity (Wildman–Crippen MR) is 80.2 cm³/mol. The monoisotopic (exact) mass is 254 g/mol. The van der Waals surface area contributed by atoms with Crippen LogP contribution in [0.3, 0.4) is 0 Å². The van der Waals surface area contributed by atoms with E-state index in [-0.39, 0.29) is 0 Å². The zero-order valence-corrected chi connectivity index (χ0v) is 13.0. The van der Waals surface area contributed by atoms with Gasteiger partial charge in [-0.1, -0.05) is 53.4 Å². The van der Waals surface area contributed by atoms with Crippen LogP contribution >= 0.6 is 0 Å². The van der Waals surface area contributed by atoms with Crippen LogP contribution in [-0.2, 0) is 0 Å². The lowest BCUT2D eigenvalue weighted by molar-refractivity contribution is 0.194. The van der Waals surface area contributed by atoms with Crippen molar-refractivity contribution >= 4 is 0 Å². The summed E-state index contributed by atoms with van der Waals surface area (Å²) in [6, 6.07) is 0.534. The second-order valence-corrected chi connectivity index (χ2v) is 7.44. The normalized spacial score (nSPS) is 27.2. The van der Waals surface area contributed by atoms with Crippen LogP contribution in [0.4, 0.5) is 0 Å². The fraction of sp³-hybridized carbons (Fsp3) is 1.00. The van der Waals surface area contributed by atoms with Crippen LogP contribution in [0.5, 0.6) is 0 Å². The topological polar surface area (TPSA) is 38.0 Å². The molecule has 0 amide bonds. The van der Waals surface area contributed by atoms with Crippen molar-refractivity contribution < 1.29 is 0 Å². The van der Waals surface area contributed by atoms with Gasteiger partial charge in [0, 0.05) is 6.04 Å². The molecule has 2 heteroatoms. The molecule has 0 aromatic heterocycles. The fourth-order valence-electron chi connectivity index (χ4n) is 3.33. The summed E-state index contributed by atoms with van der Waals surface area (Å²) in [6.45, 7) is 9.26. The molecule has 1 atom stereocenters. The molecule has 0 aromatic rings. The highest BCUT2D eigenvalue weighted by Gasteiger charge is 2.27. The Bertz CT molecular complexity index is 212. The molecule has 2 nitrogen and oxygen atoms in total. The number of hydrazine groups is 1. The van der Waals surface area contributed by atoms with E-state index in [4.69, 9.17) is 5.84 Å². The van der Waals surface area contributed by atoms with Crippen LogP contribution in [0.25, 0.3) is 0 Å². The molecule has 108 valence electrons. The molecule has 0 saturated heterocycles. The Morgan fingerprint density at radius 3 is 2.22 bits per heavy atom. The van der Waals surface area contributed by atoms with Crippen molar-refractivity contribution in [2.24, 2.45) is 23.1 Å². The van der Waals surface area contributed by atoms with Crippen LogP contribution < -0.4 is 11.3 Å². The van der Waals surface area contributed by atoms with Gasteiger partial charge >= 0.3 is 0 Å². The van der Waals surface area contributed by atoms with E-state index in [2.05, 4.69) is 33.1 Å². The molecule has 1 unspecified atom stereocenters. The summed E-state index contributed by atoms with van der Waals surface area (Å²) < 4.78 is 0. The van der Waals surface area contributed by atoms with Gasteiger partial charge in [-0.15, -0.1) is 0 Å². The first kappa shape index (κ1) is 16.0. The molecule has 1 aliphatic carbocycles. The lowest BCUT2D eigenvalue weighted by Gasteiger charge is -2.34. The number of hydrogen-bond acceptors (Lipinski definition) is 2. The standard InChI is InChI=1S/C16H34N2/c1-5-6-13-7-9-14(10-8-13)15(18-17)11-12-16(2,3)4/h13-15,18H,5-12,17H2,1-4H3. The Balaban J connectivity index is 2.34. The van der Waals surface area contributed by atoms with E-state index in [0.29, 0.717) is 11.5 Å². The van der Waals surface area contributed by atoms with E-state index < -0.39 is 0 Å². The Hall–Kier alpha value is -0.0800. The number of rotatable bonds is 6. The minimum Gasteiger partial charge on any atom is -0.271 e. The molecule has 0 aromatic carbocycles. The van der Waals surface area contributed by atoms with Gasteiger partial charge in [0.15, 0.2) is 0 Å². The molecule has 1 rings (SSSR count). The minimum atomic E-state index is 0.425. The molecule has 0 bridgehead atoms. The van der Waals surface area contributed by atoms with Gasteiger partial charge in [0.05, 0.1) is 0 Å². The van der Waals surface area contributed by atoms with E-state index in [1.807, 2.05) is 0 Å². The molecule has 18 heavy (non-hydrogen) atoms. The van der Waals surface area contributed by atoms with Crippen molar-refractivity contribution in [3.63, 3.8) is 0 Å². The Morgan fingerprint density at radius 1 is 1.17 bits per heavy atom. The lowest BCUT2D eigenvalue weighted by atomic mass is 9.75. The highest BCUT2D eigenvalue weighted by molar-refractivity contribution is 4.82. The number of nitrogens with one attached hydrogen (secondary N) is 1. The summed E-state index contributed by atoms with van der Waals surface area (Å²) in [4.78, 5) is 0. The molecule has 3 N–H and O–H groups in total. The summed E-state index contributed by atoms with van der Waals surface area (Å²) in [7, 11) is 0. The SMILES string of the molecule is CCCC1CCC(C(CCC(C)(C)C)NN)CC1. The van der Waals surface area contributed by atoms with E-state index in [1.165, 1.54) is 51.4 Å². The second kappa shape index (κ2) is 7.49. The average Bonchev–Trinajstić information content (AvgIpc) is 2.31. The van der Waals surface area contributed by atoms with Gasteiger partial charge < -0.3 is 0 Å². The second-order valence-electron chi connectivity index (χ2n) is 7.44. The molecule has 0 spiro atoms. The first-order valence-electron chi connectivity index (χ1n) is 7.92. The van der Waals surface area contributed by atoms with Gasteiger partial charge in [0.1, 0.15) is 0 Å². The van der Waals surface area contributed by atoms with Crippen molar-refractivity contribution in [3.05, 3.63) is 0 Å². The number of hydrogen-bond donors (Lipinski definition) is 2. The third-order valence-corrected chi connectivity index (χ3v) is 4.58. The highest BCUT2D eigenvalue weighted by Crippen LogP contribution is 2.35. The van der Waals surface area contributed by atoms with E-state index in [9.17, 15) is 0 Å². The summed E-state index contributed by atoms with van der Waals surface area (Å²) >= 11 is 0. The average molecular weight is 254 g/mol. The zero-order chi connectivity index (χ0) is 13.6. The smallest absolute Gasteiger partial charge is 0.0238 e. The van der Waals surface area contributed by atoms with Crippen LogP contribution in [-0.4, -0.2) is 6.04 Å². The van der Waals surface area contributed by atoms with Gasteiger partial charge in [0.25, 0.3) is 0 Å². The fourth-order valence-corrected chi connectivity index (χ4v) is 3.33. The van der Waals surface area contributed by atoms with Crippen molar-refractivity contribution in [3.8, 4) is 0 Å². The molecule has 1 saturated carbocycles. The summed E-state index contributed by atoms with van der Waals surface area (Å²) in [5.41, 5.74) is 3.52. The Labute approximate surface area is 114 Å². The molecule has 1 fully saturated rings. The van der Waals surface area contributed by atoms with Gasteiger partial charge in [-0.05, 0) is 42.9 Å². The Kier molecular flexibility index (Phi) is 6.65. The zero-order valence-electron chi connectivity index (χ0n) is 13.0. The molecular formula is C16H34N2.